The molecule has 0 bridgehead atoms. The molecule has 1 amide bonds. The Bertz CT molecular complexity index is 511. The molecule has 16 heavy (non-hydrogen) atoms. The number of hydrogen-bond acceptors (Lipinski definition) is 4. The SMILES string of the molecule is NC(=O)Oc1cnn(-c2cccnc2)c1F. The summed E-state index contributed by atoms with van der Waals surface area (Å²) in [5, 5.41) is 3.71. The van der Waals surface area contributed by atoms with Gasteiger partial charge in [-0.05, 0) is 12.1 Å². The molecule has 2 aromatic rings. The highest BCUT2D eigenvalue weighted by atomic mass is 19.1. The monoisotopic (exact) mass is 222 g/mol. The number of aromatic nitrogens is 3. The van der Waals surface area contributed by atoms with Gasteiger partial charge in [0.1, 0.15) is 0 Å². The van der Waals surface area contributed by atoms with Gasteiger partial charge >= 0.3 is 6.09 Å². The van der Waals surface area contributed by atoms with Crippen LogP contribution in [0.15, 0.2) is 30.7 Å². The number of amides is 1. The van der Waals surface area contributed by atoms with Crippen LogP contribution >= 0.6 is 0 Å². The molecule has 6 nitrogen and oxygen atoms in total. The zero-order chi connectivity index (χ0) is 11.5. The van der Waals surface area contributed by atoms with Crippen molar-refractivity contribution < 1.29 is 13.9 Å². The molecule has 0 fully saturated rings. The van der Waals surface area contributed by atoms with Crippen molar-refractivity contribution in [2.75, 3.05) is 0 Å². The highest BCUT2D eigenvalue weighted by Crippen LogP contribution is 2.18. The highest BCUT2D eigenvalue weighted by Gasteiger charge is 2.14. The van der Waals surface area contributed by atoms with Gasteiger partial charge in [0.25, 0.3) is 5.95 Å². The average molecular weight is 222 g/mol. The number of rotatable bonds is 2. The maximum Gasteiger partial charge on any atom is 0.410 e. The second-order valence-corrected chi connectivity index (χ2v) is 2.84. The van der Waals surface area contributed by atoms with E-state index in [0.717, 1.165) is 10.9 Å². The summed E-state index contributed by atoms with van der Waals surface area (Å²) < 4.78 is 19.0. The number of ether oxygens (including phenoxy) is 1. The van der Waals surface area contributed by atoms with E-state index in [2.05, 4.69) is 14.8 Å². The molecule has 0 spiro atoms. The summed E-state index contributed by atoms with van der Waals surface area (Å²) in [5.74, 6) is -1.14. The van der Waals surface area contributed by atoms with Gasteiger partial charge in [-0.1, -0.05) is 0 Å². The van der Waals surface area contributed by atoms with Crippen LogP contribution in [-0.4, -0.2) is 20.9 Å². The lowest BCUT2D eigenvalue weighted by molar-refractivity contribution is 0.208. The van der Waals surface area contributed by atoms with Crippen LogP contribution in [0.2, 0.25) is 0 Å². The number of carbonyl (C=O) groups excluding carboxylic acids is 1. The van der Waals surface area contributed by atoms with E-state index in [0.29, 0.717) is 5.69 Å². The summed E-state index contributed by atoms with van der Waals surface area (Å²) in [6, 6.07) is 3.24. The summed E-state index contributed by atoms with van der Waals surface area (Å²) in [7, 11) is 0. The minimum absolute atomic E-state index is 0.323. The fourth-order valence-corrected chi connectivity index (χ4v) is 1.15. The van der Waals surface area contributed by atoms with Gasteiger partial charge < -0.3 is 10.5 Å². The van der Waals surface area contributed by atoms with Crippen molar-refractivity contribution in [3.63, 3.8) is 0 Å². The van der Waals surface area contributed by atoms with Crippen molar-refractivity contribution in [2.24, 2.45) is 5.73 Å². The second kappa shape index (κ2) is 3.97. The van der Waals surface area contributed by atoms with Crippen LogP contribution in [0.5, 0.6) is 5.75 Å². The predicted octanol–water partition coefficient (Wildman–Crippen LogP) is 0.864. The van der Waals surface area contributed by atoms with Crippen LogP contribution in [0.3, 0.4) is 0 Å². The fourth-order valence-electron chi connectivity index (χ4n) is 1.15. The Morgan fingerprint density at radius 2 is 2.31 bits per heavy atom. The summed E-state index contributed by atoms with van der Waals surface area (Å²) in [6.45, 7) is 0. The van der Waals surface area contributed by atoms with Gasteiger partial charge in [0.05, 0.1) is 18.1 Å². The Kier molecular flexibility index (Phi) is 2.50. The molecule has 82 valence electrons. The third-order valence-corrected chi connectivity index (χ3v) is 1.78. The van der Waals surface area contributed by atoms with Gasteiger partial charge in [-0.15, -0.1) is 0 Å². The van der Waals surface area contributed by atoms with Crippen LogP contribution in [0.4, 0.5) is 9.18 Å². The van der Waals surface area contributed by atoms with E-state index >= 15 is 0 Å². The molecule has 2 heterocycles. The zero-order valence-electron chi connectivity index (χ0n) is 8.00. The lowest BCUT2D eigenvalue weighted by Crippen LogP contribution is -2.16. The van der Waals surface area contributed by atoms with Crippen LogP contribution in [0.1, 0.15) is 0 Å². The fraction of sp³-hybridized carbons (Fsp3) is 0. The highest BCUT2D eigenvalue weighted by molar-refractivity contribution is 5.67. The molecule has 7 heteroatoms. The number of halogens is 1. The van der Waals surface area contributed by atoms with Crippen LogP contribution in [-0.2, 0) is 0 Å². The molecule has 0 saturated heterocycles. The normalized spacial score (nSPS) is 10.1. The lowest BCUT2D eigenvalue weighted by atomic mass is 10.4. The number of primary amides is 1. The van der Waals surface area contributed by atoms with E-state index in [1.165, 1.54) is 6.20 Å². The number of nitrogens with two attached hydrogens (primary N) is 1. The van der Waals surface area contributed by atoms with Gasteiger partial charge in [0.15, 0.2) is 0 Å². The van der Waals surface area contributed by atoms with Crippen molar-refractivity contribution in [2.45, 2.75) is 0 Å². The third kappa shape index (κ3) is 1.83. The molecule has 0 aliphatic rings. The Balaban J connectivity index is 2.37. The molecule has 2 N–H and O–H groups in total. The number of pyridine rings is 1. The Hall–Kier alpha value is -2.44. The van der Waals surface area contributed by atoms with Gasteiger partial charge in [-0.25, -0.2) is 9.48 Å². The smallest absolute Gasteiger partial charge is 0.404 e. The number of hydrogen-bond donors (Lipinski definition) is 1. The first kappa shape index (κ1) is 10.1. The van der Waals surface area contributed by atoms with Crippen molar-refractivity contribution in [1.82, 2.24) is 14.8 Å². The molecule has 2 aromatic heterocycles. The van der Waals surface area contributed by atoms with Gasteiger partial charge in [-0.3, -0.25) is 4.98 Å². The maximum absolute atomic E-state index is 13.6. The first-order valence-electron chi connectivity index (χ1n) is 4.29. The molecular weight excluding hydrogens is 215 g/mol. The summed E-state index contributed by atoms with van der Waals surface area (Å²) in [6.07, 6.45) is 2.94. The molecular formula is C9H7FN4O2. The van der Waals surface area contributed by atoms with Crippen LogP contribution < -0.4 is 10.5 Å². The molecule has 0 saturated carbocycles. The van der Waals surface area contributed by atoms with Gasteiger partial charge in [0.2, 0.25) is 5.75 Å². The van der Waals surface area contributed by atoms with E-state index in [1.54, 1.807) is 18.3 Å². The van der Waals surface area contributed by atoms with Crippen molar-refractivity contribution in [3.8, 4) is 11.4 Å². The molecule has 0 atom stereocenters. The van der Waals surface area contributed by atoms with Crippen molar-refractivity contribution >= 4 is 6.09 Å². The van der Waals surface area contributed by atoms with Crippen molar-refractivity contribution in [3.05, 3.63) is 36.7 Å². The average Bonchev–Trinajstić information content (AvgIpc) is 2.61. The summed E-state index contributed by atoms with van der Waals surface area (Å²) >= 11 is 0. The Labute approximate surface area is 89.5 Å². The lowest BCUT2D eigenvalue weighted by Gasteiger charge is -2.00. The van der Waals surface area contributed by atoms with Gasteiger partial charge in [0, 0.05) is 6.20 Å². The van der Waals surface area contributed by atoms with E-state index in [1.807, 2.05) is 0 Å². The topological polar surface area (TPSA) is 83.0 Å². The van der Waals surface area contributed by atoms with E-state index in [-0.39, 0.29) is 5.75 Å². The summed E-state index contributed by atoms with van der Waals surface area (Å²) in [4.78, 5) is 14.3. The quantitative estimate of drug-likeness (QED) is 0.816. The molecule has 2 rings (SSSR count). The molecule has 0 radical (unpaired) electrons. The minimum atomic E-state index is -1.09. The largest absolute Gasteiger partial charge is 0.410 e. The third-order valence-electron chi connectivity index (χ3n) is 1.78. The van der Waals surface area contributed by atoms with Gasteiger partial charge in [-0.2, -0.15) is 9.49 Å². The zero-order valence-corrected chi connectivity index (χ0v) is 8.00. The molecule has 0 unspecified atom stereocenters. The van der Waals surface area contributed by atoms with E-state index in [4.69, 9.17) is 5.73 Å². The molecule has 0 aliphatic carbocycles. The summed E-state index contributed by atoms with van der Waals surface area (Å²) in [5.41, 5.74) is 5.18. The predicted molar refractivity (Wildman–Crippen MR) is 51.5 cm³/mol. The van der Waals surface area contributed by atoms with E-state index in [9.17, 15) is 9.18 Å². The number of carbonyl (C=O) groups is 1. The van der Waals surface area contributed by atoms with E-state index < -0.39 is 12.0 Å². The number of nitrogens with zero attached hydrogens (tertiary/aromatic N) is 3. The first-order valence-corrected chi connectivity index (χ1v) is 4.29. The second-order valence-electron chi connectivity index (χ2n) is 2.84. The van der Waals surface area contributed by atoms with Crippen LogP contribution in [0.25, 0.3) is 5.69 Å². The molecule has 0 aromatic carbocycles. The van der Waals surface area contributed by atoms with Crippen molar-refractivity contribution in [1.29, 1.82) is 0 Å². The Morgan fingerprint density at radius 3 is 2.94 bits per heavy atom. The molecule has 0 aliphatic heterocycles. The Morgan fingerprint density at radius 1 is 1.50 bits per heavy atom. The first-order chi connectivity index (χ1) is 7.68. The minimum Gasteiger partial charge on any atom is -0.404 e. The van der Waals surface area contributed by atoms with Crippen LogP contribution in [0, 0.1) is 5.95 Å². The standard InChI is InChI=1S/C9H7FN4O2/c10-8-7(16-9(11)15)5-13-14(8)6-2-1-3-12-4-6/h1-5H,(H2,11,15). The maximum atomic E-state index is 13.6.